The molecule has 1 N–H and O–H groups in total. The Morgan fingerprint density at radius 3 is 2.55 bits per heavy atom. The van der Waals surface area contributed by atoms with Crippen molar-refractivity contribution in [3.05, 3.63) is 29.8 Å². The topological polar surface area (TPSA) is 73.3 Å². The molecule has 0 radical (unpaired) electrons. The highest BCUT2D eigenvalue weighted by Gasteiger charge is 2.50. The summed E-state index contributed by atoms with van der Waals surface area (Å²) in [5.41, 5.74) is 0.993. The van der Waals surface area contributed by atoms with E-state index in [2.05, 4.69) is 0 Å². The van der Waals surface area contributed by atoms with Gasteiger partial charge in [0.15, 0.2) is 0 Å². The number of aliphatic hydroxyl groups is 1. The molecular formula is C22H31N3O4. The van der Waals surface area contributed by atoms with Crippen LogP contribution >= 0.6 is 0 Å². The fourth-order valence-electron chi connectivity index (χ4n) is 5.20. The van der Waals surface area contributed by atoms with Crippen LogP contribution in [-0.2, 0) is 9.59 Å². The van der Waals surface area contributed by atoms with Gasteiger partial charge in [0, 0.05) is 32.2 Å². The number of rotatable bonds is 5. The van der Waals surface area contributed by atoms with Crippen molar-refractivity contribution < 1.29 is 19.4 Å². The third-order valence-corrected chi connectivity index (χ3v) is 6.57. The molecule has 158 valence electrons. The molecule has 3 atom stereocenters. The Bertz CT molecular complexity index is 732. The van der Waals surface area contributed by atoms with Crippen molar-refractivity contribution in [3.63, 3.8) is 0 Å². The molecule has 3 aliphatic heterocycles. The first kappa shape index (κ1) is 20.2. The van der Waals surface area contributed by atoms with E-state index >= 15 is 0 Å². The standard InChI is InChI=1S/C22H31N3O4/c1-29-18-7-5-16(6-8-18)21-19(22(28)24-9-3-2-4-10-24)13-17-14-23(11-12-26)15-20(27)25(17)21/h5-8,17,19,21,26H,2-4,9-15H2,1H3/t17-,19-,21-/m1/s1. The van der Waals surface area contributed by atoms with Gasteiger partial charge in [0.1, 0.15) is 5.75 Å². The minimum Gasteiger partial charge on any atom is -0.497 e. The summed E-state index contributed by atoms with van der Waals surface area (Å²) in [5.74, 6) is 0.775. The van der Waals surface area contributed by atoms with Crippen molar-refractivity contribution >= 4 is 11.8 Å². The van der Waals surface area contributed by atoms with E-state index in [1.54, 1.807) is 7.11 Å². The van der Waals surface area contributed by atoms with Gasteiger partial charge in [-0.05, 0) is 43.4 Å². The third kappa shape index (κ3) is 3.98. The van der Waals surface area contributed by atoms with Crippen molar-refractivity contribution in [2.75, 3.05) is 46.4 Å². The molecule has 0 bridgehead atoms. The van der Waals surface area contributed by atoms with Crippen LogP contribution in [-0.4, -0.2) is 84.1 Å². The number of aliphatic hydroxyl groups excluding tert-OH is 1. The van der Waals surface area contributed by atoms with E-state index in [-0.39, 0.29) is 36.4 Å². The zero-order valence-electron chi connectivity index (χ0n) is 17.1. The molecule has 0 unspecified atom stereocenters. The summed E-state index contributed by atoms with van der Waals surface area (Å²) in [5, 5.41) is 9.30. The fraction of sp³-hybridized carbons (Fsp3) is 0.636. The molecule has 1 aromatic rings. The summed E-state index contributed by atoms with van der Waals surface area (Å²) in [4.78, 5) is 32.5. The Morgan fingerprint density at radius 1 is 1.17 bits per heavy atom. The van der Waals surface area contributed by atoms with Gasteiger partial charge < -0.3 is 19.6 Å². The molecule has 3 fully saturated rings. The molecule has 0 saturated carbocycles. The maximum absolute atomic E-state index is 13.5. The van der Waals surface area contributed by atoms with E-state index < -0.39 is 0 Å². The number of carbonyl (C=O) groups excluding carboxylic acids is 2. The maximum atomic E-state index is 13.5. The van der Waals surface area contributed by atoms with E-state index in [0.29, 0.717) is 26.1 Å². The highest BCUT2D eigenvalue weighted by atomic mass is 16.5. The van der Waals surface area contributed by atoms with Crippen molar-refractivity contribution in [1.29, 1.82) is 0 Å². The fourth-order valence-corrected chi connectivity index (χ4v) is 5.20. The van der Waals surface area contributed by atoms with E-state index in [4.69, 9.17) is 4.74 Å². The van der Waals surface area contributed by atoms with Crippen molar-refractivity contribution in [2.45, 2.75) is 37.8 Å². The lowest BCUT2D eigenvalue weighted by Gasteiger charge is -2.40. The highest BCUT2D eigenvalue weighted by molar-refractivity contribution is 5.85. The normalized spacial score (nSPS) is 27.8. The van der Waals surface area contributed by atoms with Gasteiger partial charge >= 0.3 is 0 Å². The summed E-state index contributed by atoms with van der Waals surface area (Å²) < 4.78 is 5.28. The second-order valence-corrected chi connectivity index (χ2v) is 8.36. The second kappa shape index (κ2) is 8.71. The Hall–Kier alpha value is -2.12. The first-order valence-electron chi connectivity index (χ1n) is 10.7. The zero-order valence-corrected chi connectivity index (χ0v) is 17.1. The summed E-state index contributed by atoms with van der Waals surface area (Å²) in [6.45, 7) is 3.18. The van der Waals surface area contributed by atoms with Crippen LogP contribution in [0.1, 0.15) is 37.3 Å². The van der Waals surface area contributed by atoms with Gasteiger partial charge in [-0.1, -0.05) is 12.1 Å². The van der Waals surface area contributed by atoms with Gasteiger partial charge in [-0.25, -0.2) is 0 Å². The highest BCUT2D eigenvalue weighted by Crippen LogP contribution is 2.44. The molecule has 0 aromatic heterocycles. The number of methoxy groups -OCH3 is 1. The Labute approximate surface area is 172 Å². The summed E-state index contributed by atoms with van der Waals surface area (Å²) >= 11 is 0. The number of nitrogens with zero attached hydrogens (tertiary/aromatic N) is 3. The minimum absolute atomic E-state index is 0.00800. The SMILES string of the molecule is COc1ccc([C@@H]2[C@H](C(=O)N3CCCCC3)C[C@@H]3CN(CCO)CC(=O)N32)cc1. The summed E-state index contributed by atoms with van der Waals surface area (Å²) in [7, 11) is 1.63. The Morgan fingerprint density at radius 2 is 1.90 bits per heavy atom. The van der Waals surface area contributed by atoms with Crippen LogP contribution in [0.3, 0.4) is 0 Å². The smallest absolute Gasteiger partial charge is 0.237 e. The number of ether oxygens (including phenoxy) is 1. The van der Waals surface area contributed by atoms with E-state index in [1.165, 1.54) is 6.42 Å². The molecule has 4 rings (SSSR count). The predicted molar refractivity (Wildman–Crippen MR) is 108 cm³/mol. The number of piperazine rings is 1. The van der Waals surface area contributed by atoms with E-state index in [1.807, 2.05) is 39.0 Å². The van der Waals surface area contributed by atoms with Crippen LogP contribution < -0.4 is 4.74 Å². The quantitative estimate of drug-likeness (QED) is 0.805. The van der Waals surface area contributed by atoms with Gasteiger partial charge in [-0.3, -0.25) is 14.5 Å². The molecule has 3 saturated heterocycles. The third-order valence-electron chi connectivity index (χ3n) is 6.57. The molecule has 7 heteroatoms. The van der Waals surface area contributed by atoms with Gasteiger partial charge in [0.25, 0.3) is 0 Å². The van der Waals surface area contributed by atoms with Gasteiger partial charge in [-0.2, -0.15) is 0 Å². The lowest BCUT2D eigenvalue weighted by atomic mass is 9.91. The van der Waals surface area contributed by atoms with Gasteiger partial charge in [0.05, 0.1) is 32.2 Å². The van der Waals surface area contributed by atoms with Gasteiger partial charge in [-0.15, -0.1) is 0 Å². The average molecular weight is 402 g/mol. The average Bonchev–Trinajstić information content (AvgIpc) is 3.14. The number of piperidine rings is 1. The van der Waals surface area contributed by atoms with Crippen LogP contribution in [0.15, 0.2) is 24.3 Å². The molecule has 0 aliphatic carbocycles. The molecular weight excluding hydrogens is 370 g/mol. The largest absolute Gasteiger partial charge is 0.497 e. The molecule has 29 heavy (non-hydrogen) atoms. The number of hydrogen-bond donors (Lipinski definition) is 1. The minimum atomic E-state index is -0.232. The van der Waals surface area contributed by atoms with E-state index in [0.717, 1.165) is 37.2 Å². The molecule has 1 aromatic carbocycles. The van der Waals surface area contributed by atoms with Crippen LogP contribution in [0.5, 0.6) is 5.75 Å². The lowest BCUT2D eigenvalue weighted by Crippen LogP contribution is -2.54. The first-order chi connectivity index (χ1) is 14.1. The van der Waals surface area contributed by atoms with Crippen LogP contribution in [0.25, 0.3) is 0 Å². The maximum Gasteiger partial charge on any atom is 0.237 e. The number of fused-ring (bicyclic) bond motifs is 1. The first-order valence-corrected chi connectivity index (χ1v) is 10.7. The van der Waals surface area contributed by atoms with Crippen LogP contribution in [0.4, 0.5) is 0 Å². The number of benzene rings is 1. The van der Waals surface area contributed by atoms with Crippen molar-refractivity contribution in [2.24, 2.45) is 5.92 Å². The van der Waals surface area contributed by atoms with Crippen molar-refractivity contribution in [1.82, 2.24) is 14.7 Å². The molecule has 3 aliphatic rings. The monoisotopic (exact) mass is 401 g/mol. The molecule has 0 spiro atoms. The van der Waals surface area contributed by atoms with Crippen molar-refractivity contribution in [3.8, 4) is 5.75 Å². The Kier molecular flexibility index (Phi) is 6.06. The molecule has 3 heterocycles. The Balaban J connectivity index is 1.64. The summed E-state index contributed by atoms with van der Waals surface area (Å²) in [6.07, 6.45) is 3.98. The number of likely N-dealkylation sites (tertiary alicyclic amines) is 1. The number of carbonyl (C=O) groups is 2. The molecule has 2 amide bonds. The van der Waals surface area contributed by atoms with Crippen LogP contribution in [0.2, 0.25) is 0 Å². The van der Waals surface area contributed by atoms with Crippen LogP contribution in [0, 0.1) is 5.92 Å². The number of β-amino-alcohol motifs (C(OH)–C–C–N with tert-alkyl or cyclic N) is 1. The molecule has 7 nitrogen and oxygen atoms in total. The number of amides is 2. The number of hydrogen-bond acceptors (Lipinski definition) is 5. The van der Waals surface area contributed by atoms with E-state index in [9.17, 15) is 14.7 Å². The van der Waals surface area contributed by atoms with Gasteiger partial charge in [0.2, 0.25) is 11.8 Å². The lowest BCUT2D eigenvalue weighted by molar-refractivity contribution is -0.142. The zero-order chi connectivity index (χ0) is 20.4. The second-order valence-electron chi connectivity index (χ2n) is 8.36. The summed E-state index contributed by atoms with van der Waals surface area (Å²) in [6, 6.07) is 7.54. The predicted octanol–water partition coefficient (Wildman–Crippen LogP) is 1.27.